The second-order valence-electron chi connectivity index (χ2n) is 2.96. The van der Waals surface area contributed by atoms with Gasteiger partial charge >= 0.3 is 0 Å². The highest BCUT2D eigenvalue weighted by molar-refractivity contribution is 7.19. The zero-order valence-corrected chi connectivity index (χ0v) is 8.85. The van der Waals surface area contributed by atoms with Crippen LogP contribution in [-0.2, 0) is 0 Å². The lowest BCUT2D eigenvalue weighted by Gasteiger charge is -2.01. The Morgan fingerprint density at radius 3 is 3.07 bits per heavy atom. The van der Waals surface area contributed by atoms with Crippen LogP contribution in [0.5, 0.6) is 0 Å². The number of aromatic nitrogens is 1. The fourth-order valence-electron chi connectivity index (χ4n) is 1.19. The normalized spacial score (nSPS) is 13.4. The molecule has 0 aliphatic carbocycles. The van der Waals surface area contributed by atoms with Crippen LogP contribution in [0.4, 0.5) is 0 Å². The standard InChI is InChI=1S/C9H9ClN2OS/c10-9-2-1-7-6(12-9)3-8(14-7)5(11)4-13/h1-3,5,13H,4,11H2/t5-/m0/s1. The fourth-order valence-corrected chi connectivity index (χ4v) is 2.34. The summed E-state index contributed by atoms with van der Waals surface area (Å²) in [6.07, 6.45) is 0. The van der Waals surface area contributed by atoms with E-state index in [0.717, 1.165) is 15.1 Å². The van der Waals surface area contributed by atoms with E-state index in [2.05, 4.69) is 4.98 Å². The molecule has 2 aromatic heterocycles. The fraction of sp³-hybridized carbons (Fsp3) is 0.222. The number of aliphatic hydroxyl groups excluding tert-OH is 1. The lowest BCUT2D eigenvalue weighted by molar-refractivity contribution is 0.269. The number of pyridine rings is 1. The first kappa shape index (κ1) is 9.86. The van der Waals surface area contributed by atoms with E-state index in [4.69, 9.17) is 22.4 Å². The van der Waals surface area contributed by atoms with E-state index >= 15 is 0 Å². The maximum absolute atomic E-state index is 8.90. The molecule has 0 saturated heterocycles. The summed E-state index contributed by atoms with van der Waals surface area (Å²) in [5, 5.41) is 9.37. The first-order valence-electron chi connectivity index (χ1n) is 4.13. The van der Waals surface area contributed by atoms with Crippen LogP contribution in [0.2, 0.25) is 5.15 Å². The molecule has 74 valence electrons. The van der Waals surface area contributed by atoms with E-state index in [1.54, 1.807) is 6.07 Å². The average molecular weight is 229 g/mol. The molecule has 0 spiro atoms. The second-order valence-corrected chi connectivity index (χ2v) is 4.46. The predicted octanol–water partition coefficient (Wildman–Crippen LogP) is 1.94. The van der Waals surface area contributed by atoms with Gasteiger partial charge in [-0.15, -0.1) is 11.3 Å². The van der Waals surface area contributed by atoms with Gasteiger partial charge in [0.2, 0.25) is 0 Å². The summed E-state index contributed by atoms with van der Waals surface area (Å²) in [4.78, 5) is 5.08. The number of fused-ring (bicyclic) bond motifs is 1. The number of hydrogen-bond acceptors (Lipinski definition) is 4. The van der Waals surface area contributed by atoms with Crippen molar-refractivity contribution in [3.63, 3.8) is 0 Å². The van der Waals surface area contributed by atoms with Gasteiger partial charge in [0.05, 0.1) is 22.9 Å². The summed E-state index contributed by atoms with van der Waals surface area (Å²) < 4.78 is 1.04. The van der Waals surface area contributed by atoms with Crippen molar-refractivity contribution in [3.05, 3.63) is 28.2 Å². The van der Waals surface area contributed by atoms with Gasteiger partial charge in [-0.2, -0.15) is 0 Å². The number of rotatable bonds is 2. The quantitative estimate of drug-likeness (QED) is 0.773. The lowest BCUT2D eigenvalue weighted by Crippen LogP contribution is -2.12. The Morgan fingerprint density at radius 1 is 1.57 bits per heavy atom. The van der Waals surface area contributed by atoms with E-state index in [-0.39, 0.29) is 12.6 Å². The van der Waals surface area contributed by atoms with Crippen LogP contribution < -0.4 is 5.73 Å². The Hall–Kier alpha value is -0.680. The van der Waals surface area contributed by atoms with Crippen molar-refractivity contribution < 1.29 is 5.11 Å². The van der Waals surface area contributed by atoms with Crippen LogP contribution >= 0.6 is 22.9 Å². The zero-order chi connectivity index (χ0) is 10.1. The lowest BCUT2D eigenvalue weighted by atomic mass is 10.2. The molecule has 2 heterocycles. The van der Waals surface area contributed by atoms with E-state index in [1.165, 1.54) is 11.3 Å². The summed E-state index contributed by atoms with van der Waals surface area (Å²) in [6, 6.07) is 5.19. The number of nitrogens with two attached hydrogens (primary N) is 1. The topological polar surface area (TPSA) is 59.1 Å². The number of aliphatic hydroxyl groups is 1. The number of hydrogen-bond donors (Lipinski definition) is 2. The largest absolute Gasteiger partial charge is 0.394 e. The molecule has 2 rings (SSSR count). The molecule has 1 atom stereocenters. The molecule has 0 aromatic carbocycles. The van der Waals surface area contributed by atoms with Gasteiger partial charge in [-0.25, -0.2) is 4.98 Å². The minimum Gasteiger partial charge on any atom is -0.394 e. The molecule has 5 heteroatoms. The van der Waals surface area contributed by atoms with Crippen molar-refractivity contribution >= 4 is 33.2 Å². The molecule has 0 saturated carbocycles. The SMILES string of the molecule is N[C@@H](CO)c1cc2nc(Cl)ccc2s1. The number of halogens is 1. The molecule has 0 unspecified atom stereocenters. The molecule has 0 aliphatic heterocycles. The van der Waals surface area contributed by atoms with Crippen molar-refractivity contribution in [3.8, 4) is 0 Å². The third-order valence-electron chi connectivity index (χ3n) is 1.92. The predicted molar refractivity (Wildman–Crippen MR) is 58.6 cm³/mol. The summed E-state index contributed by atoms with van der Waals surface area (Å²) in [5.74, 6) is 0. The highest BCUT2D eigenvalue weighted by Gasteiger charge is 2.09. The molecule has 0 radical (unpaired) electrons. The summed E-state index contributed by atoms with van der Waals surface area (Å²) in [5.41, 5.74) is 6.53. The van der Waals surface area contributed by atoms with Gasteiger partial charge in [-0.05, 0) is 18.2 Å². The first-order valence-corrected chi connectivity index (χ1v) is 5.32. The van der Waals surface area contributed by atoms with Gasteiger partial charge < -0.3 is 10.8 Å². The molecule has 0 fully saturated rings. The highest BCUT2D eigenvalue weighted by Crippen LogP contribution is 2.28. The van der Waals surface area contributed by atoms with Crippen LogP contribution in [0, 0.1) is 0 Å². The van der Waals surface area contributed by atoms with Gasteiger partial charge in [0, 0.05) is 4.88 Å². The summed E-state index contributed by atoms with van der Waals surface area (Å²) in [6.45, 7) is -0.0550. The Kier molecular flexibility index (Phi) is 2.69. The third kappa shape index (κ3) is 1.74. The third-order valence-corrected chi connectivity index (χ3v) is 3.35. The van der Waals surface area contributed by atoms with Crippen LogP contribution in [0.1, 0.15) is 10.9 Å². The van der Waals surface area contributed by atoms with Crippen molar-refractivity contribution in [2.45, 2.75) is 6.04 Å². The van der Waals surface area contributed by atoms with Crippen LogP contribution in [0.15, 0.2) is 18.2 Å². The van der Waals surface area contributed by atoms with Crippen LogP contribution in [0.25, 0.3) is 10.2 Å². The zero-order valence-electron chi connectivity index (χ0n) is 7.27. The van der Waals surface area contributed by atoms with E-state index in [0.29, 0.717) is 5.15 Å². The van der Waals surface area contributed by atoms with Gasteiger partial charge in [0.15, 0.2) is 0 Å². The van der Waals surface area contributed by atoms with Gasteiger partial charge in [0.1, 0.15) is 5.15 Å². The summed E-state index contributed by atoms with van der Waals surface area (Å²) in [7, 11) is 0. The second kappa shape index (κ2) is 3.82. The van der Waals surface area contributed by atoms with E-state index in [9.17, 15) is 0 Å². The van der Waals surface area contributed by atoms with Crippen LogP contribution in [0.3, 0.4) is 0 Å². The molecule has 0 aliphatic rings. The maximum atomic E-state index is 8.90. The van der Waals surface area contributed by atoms with Crippen molar-refractivity contribution in [1.82, 2.24) is 4.98 Å². The maximum Gasteiger partial charge on any atom is 0.129 e. The van der Waals surface area contributed by atoms with Gasteiger partial charge in [-0.1, -0.05) is 11.6 Å². The molecular weight excluding hydrogens is 220 g/mol. The Labute approximate surface area is 90.1 Å². The van der Waals surface area contributed by atoms with Crippen molar-refractivity contribution in [2.75, 3.05) is 6.61 Å². The molecule has 2 aromatic rings. The van der Waals surface area contributed by atoms with Crippen molar-refractivity contribution in [1.29, 1.82) is 0 Å². The van der Waals surface area contributed by atoms with Crippen molar-refractivity contribution in [2.24, 2.45) is 5.73 Å². The minimum absolute atomic E-state index is 0.0550. The molecule has 0 bridgehead atoms. The molecular formula is C9H9ClN2OS. The average Bonchev–Trinajstić information content (AvgIpc) is 2.59. The molecule has 3 nitrogen and oxygen atoms in total. The Morgan fingerprint density at radius 2 is 2.36 bits per heavy atom. The smallest absolute Gasteiger partial charge is 0.129 e. The Balaban J connectivity index is 2.51. The highest BCUT2D eigenvalue weighted by atomic mass is 35.5. The van der Waals surface area contributed by atoms with Crippen LogP contribution in [-0.4, -0.2) is 16.7 Å². The van der Waals surface area contributed by atoms with E-state index < -0.39 is 0 Å². The first-order chi connectivity index (χ1) is 6.70. The molecule has 3 N–H and O–H groups in total. The minimum atomic E-state index is -0.326. The van der Waals surface area contributed by atoms with Gasteiger partial charge in [0.25, 0.3) is 0 Å². The number of thiophene rings is 1. The summed E-state index contributed by atoms with van der Waals surface area (Å²) >= 11 is 7.29. The van der Waals surface area contributed by atoms with Gasteiger partial charge in [-0.3, -0.25) is 0 Å². The monoisotopic (exact) mass is 228 g/mol. The van der Waals surface area contributed by atoms with E-state index in [1.807, 2.05) is 12.1 Å². The Bertz CT molecular complexity index is 457. The molecule has 14 heavy (non-hydrogen) atoms. The number of nitrogens with zero attached hydrogens (tertiary/aromatic N) is 1. The molecule has 0 amide bonds.